The van der Waals surface area contributed by atoms with Gasteiger partial charge >= 0.3 is 0 Å². The Kier molecular flexibility index (Phi) is 6.88. The van der Waals surface area contributed by atoms with Crippen molar-refractivity contribution in [2.24, 2.45) is 0 Å². The minimum atomic E-state index is -0.592. The van der Waals surface area contributed by atoms with Gasteiger partial charge in [-0.2, -0.15) is 0 Å². The van der Waals surface area contributed by atoms with Crippen molar-refractivity contribution in [3.8, 4) is 23.0 Å². The van der Waals surface area contributed by atoms with Crippen LogP contribution in [0.2, 0.25) is 0 Å². The molecule has 0 radical (unpaired) electrons. The summed E-state index contributed by atoms with van der Waals surface area (Å²) < 4.78 is 12.3. The Hall–Kier alpha value is -3.51. The van der Waals surface area contributed by atoms with Crippen molar-refractivity contribution < 1.29 is 24.5 Å². The van der Waals surface area contributed by atoms with Gasteiger partial charge in [0.05, 0.1) is 11.5 Å². The van der Waals surface area contributed by atoms with E-state index in [4.69, 9.17) is 9.47 Å². The van der Waals surface area contributed by atoms with Crippen LogP contribution in [0, 0.1) is 13.8 Å². The van der Waals surface area contributed by atoms with Gasteiger partial charge in [-0.3, -0.25) is 9.69 Å². The summed E-state index contributed by atoms with van der Waals surface area (Å²) in [5.74, 6) is 0.765. The third-order valence-corrected chi connectivity index (χ3v) is 7.28. The Morgan fingerprint density at radius 3 is 2.31 bits per heavy atom. The van der Waals surface area contributed by atoms with Crippen LogP contribution in [0.4, 0.5) is 0 Å². The molecule has 0 aliphatic carbocycles. The fraction of sp³-hybridized carbons (Fsp3) is 0.367. The van der Waals surface area contributed by atoms with E-state index in [0.29, 0.717) is 29.0 Å². The van der Waals surface area contributed by atoms with E-state index < -0.39 is 12.0 Å². The lowest BCUT2D eigenvalue weighted by molar-refractivity contribution is 0.0781. The molecule has 2 aliphatic rings. The standard InChI is InChI=1S/C30H33NO5/c1-19-16-22(17-20(2)28(19)33)27-29(34)25-11-8-23(32)18-26(25)36-30(27)21-6-9-24(10-7-21)35-15-14-31-12-4-3-5-13-31/h6-11,16-18,27,30,32-33H,3-5,12-15H2,1-2H3/t27-,30-/m1/s1. The van der Waals surface area contributed by atoms with E-state index in [1.165, 1.54) is 31.4 Å². The number of piperidine rings is 1. The number of phenolic OH excluding ortho intramolecular Hbond substituents is 2. The molecule has 0 saturated carbocycles. The normalized spacial score (nSPS) is 20.0. The largest absolute Gasteiger partial charge is 0.508 e. The number of aromatic hydroxyl groups is 2. The van der Waals surface area contributed by atoms with Crippen molar-refractivity contribution in [2.75, 3.05) is 26.2 Å². The van der Waals surface area contributed by atoms with Crippen LogP contribution in [0.25, 0.3) is 0 Å². The first-order chi connectivity index (χ1) is 17.4. The average Bonchev–Trinajstić information content (AvgIpc) is 2.88. The number of fused-ring (bicyclic) bond motifs is 1. The van der Waals surface area contributed by atoms with E-state index in [1.807, 2.05) is 50.2 Å². The number of hydrogen-bond donors (Lipinski definition) is 2. The maximum Gasteiger partial charge on any atom is 0.178 e. The van der Waals surface area contributed by atoms with Gasteiger partial charge in [-0.15, -0.1) is 0 Å². The highest BCUT2D eigenvalue weighted by atomic mass is 16.5. The molecular weight excluding hydrogens is 454 g/mol. The third-order valence-electron chi connectivity index (χ3n) is 7.28. The molecule has 0 unspecified atom stereocenters. The second-order valence-electron chi connectivity index (χ2n) is 9.88. The van der Waals surface area contributed by atoms with Crippen LogP contribution in [0.1, 0.15) is 63.9 Å². The number of rotatable bonds is 6. The highest BCUT2D eigenvalue weighted by Gasteiger charge is 2.40. The van der Waals surface area contributed by atoms with Crippen molar-refractivity contribution in [3.05, 3.63) is 82.4 Å². The molecule has 2 N–H and O–H groups in total. The number of Topliss-reactive ketones (excluding diaryl/α,β-unsaturated/α-hetero) is 1. The van der Waals surface area contributed by atoms with Crippen molar-refractivity contribution in [1.29, 1.82) is 0 Å². The molecule has 2 atom stereocenters. The second-order valence-corrected chi connectivity index (χ2v) is 9.88. The number of hydrogen-bond acceptors (Lipinski definition) is 6. The molecule has 3 aromatic rings. The molecule has 1 fully saturated rings. The molecule has 0 amide bonds. The number of nitrogens with zero attached hydrogens (tertiary/aromatic N) is 1. The molecule has 36 heavy (non-hydrogen) atoms. The minimum absolute atomic E-state index is 0.0486. The lowest BCUT2D eigenvalue weighted by Gasteiger charge is -2.33. The topological polar surface area (TPSA) is 79.2 Å². The van der Waals surface area contributed by atoms with Crippen LogP contribution >= 0.6 is 0 Å². The van der Waals surface area contributed by atoms with Crippen LogP contribution in [0.3, 0.4) is 0 Å². The molecule has 5 rings (SSSR count). The zero-order valence-corrected chi connectivity index (χ0v) is 20.9. The summed E-state index contributed by atoms with van der Waals surface area (Å²) in [4.78, 5) is 16.2. The average molecular weight is 488 g/mol. The van der Waals surface area contributed by atoms with Crippen molar-refractivity contribution >= 4 is 5.78 Å². The molecule has 0 spiro atoms. The van der Waals surface area contributed by atoms with E-state index in [0.717, 1.165) is 36.5 Å². The van der Waals surface area contributed by atoms with Gasteiger partial charge in [0.1, 0.15) is 35.7 Å². The summed E-state index contributed by atoms with van der Waals surface area (Å²) in [6.45, 7) is 7.50. The van der Waals surface area contributed by atoms with Crippen LogP contribution < -0.4 is 9.47 Å². The van der Waals surface area contributed by atoms with Gasteiger partial charge in [-0.1, -0.05) is 30.7 Å². The molecule has 3 aromatic carbocycles. The van der Waals surface area contributed by atoms with Crippen molar-refractivity contribution in [1.82, 2.24) is 4.90 Å². The van der Waals surface area contributed by atoms with E-state index in [9.17, 15) is 15.0 Å². The van der Waals surface area contributed by atoms with Gasteiger partial charge in [-0.05, 0) is 86.3 Å². The molecule has 188 valence electrons. The van der Waals surface area contributed by atoms with Gasteiger partial charge < -0.3 is 19.7 Å². The van der Waals surface area contributed by atoms with Gasteiger partial charge in [0.2, 0.25) is 0 Å². The first-order valence-electron chi connectivity index (χ1n) is 12.7. The van der Waals surface area contributed by atoms with Crippen LogP contribution in [0.15, 0.2) is 54.6 Å². The molecule has 6 heteroatoms. The summed E-state index contributed by atoms with van der Waals surface area (Å²) in [6, 6.07) is 16.0. The Morgan fingerprint density at radius 1 is 0.917 bits per heavy atom. The van der Waals surface area contributed by atoms with Gasteiger partial charge in [0, 0.05) is 12.6 Å². The molecule has 2 heterocycles. The van der Waals surface area contributed by atoms with Crippen molar-refractivity contribution in [2.45, 2.75) is 45.1 Å². The number of aryl methyl sites for hydroxylation is 2. The van der Waals surface area contributed by atoms with Crippen LogP contribution in [-0.4, -0.2) is 47.1 Å². The Bertz CT molecular complexity index is 1220. The second kappa shape index (κ2) is 10.2. The zero-order valence-electron chi connectivity index (χ0n) is 20.9. The highest BCUT2D eigenvalue weighted by Crippen LogP contribution is 2.46. The summed E-state index contributed by atoms with van der Waals surface area (Å²) in [5.41, 5.74) is 3.50. The van der Waals surface area contributed by atoms with Crippen LogP contribution in [-0.2, 0) is 0 Å². The summed E-state index contributed by atoms with van der Waals surface area (Å²) in [6.07, 6.45) is 3.25. The zero-order chi connectivity index (χ0) is 25.2. The fourth-order valence-electron chi connectivity index (χ4n) is 5.31. The molecule has 0 aromatic heterocycles. The number of likely N-dealkylation sites (tertiary alicyclic amines) is 1. The summed E-state index contributed by atoms with van der Waals surface area (Å²) in [7, 11) is 0. The first kappa shape index (κ1) is 24.2. The SMILES string of the molecule is Cc1cc([C@@H]2C(=O)c3ccc(O)cc3O[C@@H]2c2ccc(OCCN3CCCCC3)cc2)cc(C)c1O. The Labute approximate surface area is 212 Å². The lowest BCUT2D eigenvalue weighted by atomic mass is 9.80. The number of carbonyl (C=O) groups excluding carboxylic acids is 1. The predicted octanol–water partition coefficient (Wildman–Crippen LogP) is 5.68. The number of ketones is 1. The van der Waals surface area contributed by atoms with Gasteiger partial charge in [0.15, 0.2) is 5.78 Å². The number of benzene rings is 3. The summed E-state index contributed by atoms with van der Waals surface area (Å²) in [5, 5.41) is 20.3. The molecule has 2 aliphatic heterocycles. The molecular formula is C30H33NO5. The van der Waals surface area contributed by atoms with Crippen molar-refractivity contribution in [3.63, 3.8) is 0 Å². The fourth-order valence-corrected chi connectivity index (χ4v) is 5.31. The maximum atomic E-state index is 13.7. The highest BCUT2D eigenvalue weighted by molar-refractivity contribution is 6.05. The monoisotopic (exact) mass is 487 g/mol. The quantitative estimate of drug-likeness (QED) is 0.466. The smallest absolute Gasteiger partial charge is 0.178 e. The molecule has 0 bridgehead atoms. The van der Waals surface area contributed by atoms with Gasteiger partial charge in [-0.25, -0.2) is 0 Å². The molecule has 6 nitrogen and oxygen atoms in total. The number of ether oxygens (including phenoxy) is 2. The lowest BCUT2D eigenvalue weighted by Crippen LogP contribution is -2.33. The van der Waals surface area contributed by atoms with Crippen LogP contribution in [0.5, 0.6) is 23.0 Å². The predicted molar refractivity (Wildman–Crippen MR) is 138 cm³/mol. The number of phenols is 2. The molecule has 1 saturated heterocycles. The first-order valence-corrected chi connectivity index (χ1v) is 12.7. The Morgan fingerprint density at radius 2 is 1.61 bits per heavy atom. The van der Waals surface area contributed by atoms with E-state index in [2.05, 4.69) is 4.90 Å². The van der Waals surface area contributed by atoms with E-state index in [-0.39, 0.29) is 17.3 Å². The summed E-state index contributed by atoms with van der Waals surface area (Å²) >= 11 is 0. The maximum absolute atomic E-state index is 13.7. The van der Waals surface area contributed by atoms with E-state index in [1.54, 1.807) is 6.07 Å². The third kappa shape index (κ3) is 4.91. The van der Waals surface area contributed by atoms with Gasteiger partial charge in [0.25, 0.3) is 0 Å². The Balaban J connectivity index is 1.41. The number of carbonyl (C=O) groups is 1. The van der Waals surface area contributed by atoms with E-state index >= 15 is 0 Å². The minimum Gasteiger partial charge on any atom is -0.508 e.